The van der Waals surface area contributed by atoms with Crippen LogP contribution in [0.4, 0.5) is 0 Å². The van der Waals surface area contributed by atoms with Gasteiger partial charge in [0.2, 0.25) is 0 Å². The van der Waals surface area contributed by atoms with Crippen molar-refractivity contribution in [2.45, 2.75) is 85.2 Å². The summed E-state index contributed by atoms with van der Waals surface area (Å²) >= 11 is 0. The van der Waals surface area contributed by atoms with Crippen LogP contribution in [-0.2, 0) is 9.47 Å². The number of hydrogen-bond donors (Lipinski definition) is 0. The quantitative estimate of drug-likeness (QED) is 0.701. The van der Waals surface area contributed by atoms with Crippen molar-refractivity contribution in [2.24, 2.45) is 22.7 Å². The fourth-order valence-electron chi connectivity index (χ4n) is 5.58. The first-order chi connectivity index (χ1) is 8.51. The highest BCUT2D eigenvalue weighted by atomic mass is 16.8. The molecular weight excluding hydrogens is 236 g/mol. The Hall–Kier alpha value is -0.0800. The molecular formula is C17H30O2. The molecule has 1 saturated heterocycles. The van der Waals surface area contributed by atoms with Crippen LogP contribution >= 0.6 is 0 Å². The van der Waals surface area contributed by atoms with Crippen molar-refractivity contribution in [1.82, 2.24) is 0 Å². The van der Waals surface area contributed by atoms with Gasteiger partial charge in [0.05, 0.1) is 11.7 Å². The summed E-state index contributed by atoms with van der Waals surface area (Å²) in [5.74, 6) is 0.926. The highest BCUT2D eigenvalue weighted by Gasteiger charge is 2.68. The SMILES string of the molecule is CC(C)[C@]12C[C@@H]3OC(C)(C)O[C@]3(C)[C@@H](C1)C(C)(C)C2. The summed E-state index contributed by atoms with van der Waals surface area (Å²) in [4.78, 5) is 0. The Morgan fingerprint density at radius 1 is 1.00 bits per heavy atom. The molecule has 2 saturated carbocycles. The van der Waals surface area contributed by atoms with Gasteiger partial charge in [0, 0.05) is 0 Å². The lowest BCUT2D eigenvalue weighted by molar-refractivity contribution is -0.175. The van der Waals surface area contributed by atoms with Gasteiger partial charge >= 0.3 is 0 Å². The van der Waals surface area contributed by atoms with Crippen LogP contribution in [0.5, 0.6) is 0 Å². The predicted octanol–water partition coefficient (Wildman–Crippen LogP) is 4.38. The average Bonchev–Trinajstić information content (AvgIpc) is 2.58. The van der Waals surface area contributed by atoms with Crippen LogP contribution in [0.2, 0.25) is 0 Å². The number of ether oxygens (including phenoxy) is 2. The van der Waals surface area contributed by atoms with Gasteiger partial charge < -0.3 is 9.47 Å². The molecule has 2 bridgehead atoms. The summed E-state index contributed by atoms with van der Waals surface area (Å²) in [5.41, 5.74) is 0.724. The van der Waals surface area contributed by atoms with E-state index in [1.54, 1.807) is 0 Å². The summed E-state index contributed by atoms with van der Waals surface area (Å²) in [5, 5.41) is 0. The predicted molar refractivity (Wildman–Crippen MR) is 76.8 cm³/mol. The smallest absolute Gasteiger partial charge is 0.164 e. The van der Waals surface area contributed by atoms with E-state index in [9.17, 15) is 0 Å². The molecule has 19 heavy (non-hydrogen) atoms. The monoisotopic (exact) mass is 266 g/mol. The maximum Gasteiger partial charge on any atom is 0.164 e. The van der Waals surface area contributed by atoms with Crippen molar-refractivity contribution in [1.29, 1.82) is 0 Å². The number of rotatable bonds is 1. The second-order valence-electron chi connectivity index (χ2n) is 8.94. The molecule has 2 heteroatoms. The summed E-state index contributed by atoms with van der Waals surface area (Å²) in [7, 11) is 0. The summed E-state index contributed by atoms with van der Waals surface area (Å²) in [6.45, 7) is 16.1. The molecule has 0 aromatic heterocycles. The minimum Gasteiger partial charge on any atom is -0.344 e. The van der Waals surface area contributed by atoms with Crippen molar-refractivity contribution >= 4 is 0 Å². The van der Waals surface area contributed by atoms with E-state index in [1.807, 2.05) is 0 Å². The van der Waals surface area contributed by atoms with E-state index in [2.05, 4.69) is 48.5 Å². The lowest BCUT2D eigenvalue weighted by Gasteiger charge is -2.47. The van der Waals surface area contributed by atoms with Crippen LogP contribution in [0.1, 0.15) is 67.7 Å². The third kappa shape index (κ3) is 1.75. The van der Waals surface area contributed by atoms with E-state index < -0.39 is 5.79 Å². The molecule has 0 N–H and O–H groups in total. The zero-order chi connectivity index (χ0) is 14.3. The molecule has 3 fully saturated rings. The van der Waals surface area contributed by atoms with Gasteiger partial charge in [-0.2, -0.15) is 0 Å². The Labute approximate surface area is 118 Å². The lowest BCUT2D eigenvalue weighted by Crippen LogP contribution is -2.52. The molecule has 3 aliphatic rings. The largest absolute Gasteiger partial charge is 0.344 e. The molecule has 2 nitrogen and oxygen atoms in total. The normalized spacial score (nSPS) is 50.5. The zero-order valence-electron chi connectivity index (χ0n) is 13.7. The van der Waals surface area contributed by atoms with Crippen molar-refractivity contribution in [3.8, 4) is 0 Å². The van der Waals surface area contributed by atoms with Crippen LogP contribution in [-0.4, -0.2) is 17.5 Å². The highest BCUT2D eigenvalue weighted by molar-refractivity contribution is 5.16. The van der Waals surface area contributed by atoms with Crippen LogP contribution in [0.25, 0.3) is 0 Å². The van der Waals surface area contributed by atoms with E-state index in [4.69, 9.17) is 9.47 Å². The second-order valence-corrected chi connectivity index (χ2v) is 8.94. The number of hydrogen-bond acceptors (Lipinski definition) is 2. The van der Waals surface area contributed by atoms with Crippen LogP contribution in [0, 0.1) is 22.7 Å². The Morgan fingerprint density at radius 2 is 1.63 bits per heavy atom. The fourth-order valence-corrected chi connectivity index (χ4v) is 5.58. The molecule has 0 radical (unpaired) electrons. The third-order valence-corrected chi connectivity index (χ3v) is 6.40. The van der Waals surface area contributed by atoms with Gasteiger partial charge in [-0.05, 0) is 62.7 Å². The fraction of sp³-hybridized carbons (Fsp3) is 1.00. The van der Waals surface area contributed by atoms with Crippen LogP contribution < -0.4 is 0 Å². The van der Waals surface area contributed by atoms with Crippen molar-refractivity contribution < 1.29 is 9.47 Å². The van der Waals surface area contributed by atoms with Gasteiger partial charge in [0.1, 0.15) is 0 Å². The molecule has 0 amide bonds. The van der Waals surface area contributed by atoms with Gasteiger partial charge in [-0.3, -0.25) is 0 Å². The first-order valence-corrected chi connectivity index (χ1v) is 7.89. The number of fused-ring (bicyclic) bond motifs is 4. The lowest BCUT2D eigenvalue weighted by atomic mass is 9.63. The minimum absolute atomic E-state index is 0.0953. The summed E-state index contributed by atoms with van der Waals surface area (Å²) in [6.07, 6.45) is 4.07. The maximum atomic E-state index is 6.41. The first kappa shape index (κ1) is 13.9. The molecule has 1 heterocycles. The van der Waals surface area contributed by atoms with E-state index in [0.29, 0.717) is 16.7 Å². The first-order valence-electron chi connectivity index (χ1n) is 7.89. The molecule has 110 valence electrons. The van der Waals surface area contributed by atoms with Crippen molar-refractivity contribution in [3.05, 3.63) is 0 Å². The summed E-state index contributed by atoms with van der Waals surface area (Å²) < 4.78 is 12.7. The van der Waals surface area contributed by atoms with Crippen LogP contribution in [0.3, 0.4) is 0 Å². The van der Waals surface area contributed by atoms with E-state index >= 15 is 0 Å². The minimum atomic E-state index is -0.419. The van der Waals surface area contributed by atoms with Gasteiger partial charge in [-0.15, -0.1) is 0 Å². The molecule has 0 aromatic carbocycles. The van der Waals surface area contributed by atoms with Crippen molar-refractivity contribution in [3.63, 3.8) is 0 Å². The molecule has 0 spiro atoms. The Balaban J connectivity index is 2.03. The Morgan fingerprint density at radius 3 is 2.21 bits per heavy atom. The third-order valence-electron chi connectivity index (χ3n) is 6.40. The maximum absolute atomic E-state index is 6.41. The van der Waals surface area contributed by atoms with Crippen LogP contribution in [0.15, 0.2) is 0 Å². The topological polar surface area (TPSA) is 18.5 Å². The van der Waals surface area contributed by atoms with E-state index in [0.717, 1.165) is 5.92 Å². The molecule has 2 aliphatic carbocycles. The Bertz CT molecular complexity index is 398. The van der Waals surface area contributed by atoms with E-state index in [1.165, 1.54) is 19.3 Å². The molecule has 1 aliphatic heterocycles. The van der Waals surface area contributed by atoms with Gasteiger partial charge in [0.15, 0.2) is 5.79 Å². The second kappa shape index (κ2) is 3.57. The van der Waals surface area contributed by atoms with E-state index in [-0.39, 0.29) is 11.7 Å². The molecule has 4 atom stereocenters. The molecule has 0 unspecified atom stereocenters. The average molecular weight is 266 g/mol. The highest BCUT2D eigenvalue weighted by Crippen LogP contribution is 2.68. The van der Waals surface area contributed by atoms with Gasteiger partial charge in [-0.25, -0.2) is 0 Å². The van der Waals surface area contributed by atoms with Gasteiger partial charge in [0.25, 0.3) is 0 Å². The summed E-state index contributed by atoms with van der Waals surface area (Å²) in [6, 6.07) is 0. The standard InChI is InChI=1S/C17H30O2/c1-11(2)17-8-12(14(3,4)10-17)16(7)13(9-17)18-15(5,6)19-16/h11-13H,8-10H2,1-7H3/t12-,13-,16+,17-/m0/s1. The zero-order valence-corrected chi connectivity index (χ0v) is 13.7. The van der Waals surface area contributed by atoms with Crippen molar-refractivity contribution in [2.75, 3.05) is 0 Å². The van der Waals surface area contributed by atoms with Gasteiger partial charge in [-0.1, -0.05) is 27.7 Å². The Kier molecular flexibility index (Phi) is 2.61. The molecule has 3 rings (SSSR count). The molecule has 0 aromatic rings.